The zero-order chi connectivity index (χ0) is 20.1. The quantitative estimate of drug-likeness (QED) is 0.813. The number of nitrogens with zero attached hydrogens (tertiary/aromatic N) is 3. The van der Waals surface area contributed by atoms with E-state index in [0.29, 0.717) is 13.0 Å². The summed E-state index contributed by atoms with van der Waals surface area (Å²) in [5.74, 6) is 0.245. The molecule has 0 saturated carbocycles. The van der Waals surface area contributed by atoms with Crippen LogP contribution in [0.4, 0.5) is 17.1 Å². The summed E-state index contributed by atoms with van der Waals surface area (Å²) < 4.78 is 0. The van der Waals surface area contributed by atoms with Crippen molar-refractivity contribution in [3.05, 3.63) is 54.1 Å². The summed E-state index contributed by atoms with van der Waals surface area (Å²) in [6.07, 6.45) is 3.13. The maximum absolute atomic E-state index is 12.6. The molecule has 0 spiro atoms. The highest BCUT2D eigenvalue weighted by molar-refractivity contribution is 5.77. The van der Waals surface area contributed by atoms with E-state index in [1.807, 2.05) is 4.90 Å². The average Bonchev–Trinajstić information content (AvgIpc) is 3.29. The number of aryl methyl sites for hydroxylation is 1. The van der Waals surface area contributed by atoms with Crippen molar-refractivity contribution >= 4 is 23.0 Å². The topological polar surface area (TPSA) is 38.8 Å². The van der Waals surface area contributed by atoms with Crippen molar-refractivity contribution in [1.29, 1.82) is 0 Å². The molecule has 2 heterocycles. The van der Waals surface area contributed by atoms with Crippen LogP contribution < -0.4 is 15.1 Å². The van der Waals surface area contributed by atoms with E-state index in [1.54, 1.807) is 0 Å². The van der Waals surface area contributed by atoms with Gasteiger partial charge in [-0.15, -0.1) is 0 Å². The molecular weight excluding hydrogens is 360 g/mol. The molecule has 0 bridgehead atoms. The number of rotatable bonds is 6. The second-order valence-corrected chi connectivity index (χ2v) is 8.12. The fraction of sp³-hybridized carbons (Fsp3) is 0.458. The average molecular weight is 393 g/mol. The Bertz CT molecular complexity index is 806. The normalized spacial score (nSPS) is 16.9. The molecule has 4 rings (SSSR count). The molecule has 2 aliphatic heterocycles. The van der Waals surface area contributed by atoms with Gasteiger partial charge in [0.05, 0.1) is 0 Å². The van der Waals surface area contributed by atoms with Crippen LogP contribution in [0.1, 0.15) is 24.8 Å². The second kappa shape index (κ2) is 9.21. The first-order valence-electron chi connectivity index (χ1n) is 10.9. The monoisotopic (exact) mass is 392 g/mol. The minimum Gasteiger partial charge on any atom is -0.385 e. The van der Waals surface area contributed by atoms with Crippen LogP contribution in [-0.2, 0) is 4.79 Å². The third-order valence-corrected chi connectivity index (χ3v) is 6.01. The van der Waals surface area contributed by atoms with Gasteiger partial charge in [0.1, 0.15) is 0 Å². The molecule has 0 unspecified atom stereocenters. The van der Waals surface area contributed by atoms with Crippen LogP contribution in [0.3, 0.4) is 0 Å². The zero-order valence-electron chi connectivity index (χ0n) is 17.4. The fourth-order valence-corrected chi connectivity index (χ4v) is 4.28. The van der Waals surface area contributed by atoms with E-state index >= 15 is 0 Å². The van der Waals surface area contributed by atoms with Gasteiger partial charge in [-0.1, -0.05) is 12.1 Å². The number of amides is 1. The van der Waals surface area contributed by atoms with E-state index in [2.05, 4.69) is 70.6 Å². The molecule has 2 saturated heterocycles. The Labute approximate surface area is 174 Å². The van der Waals surface area contributed by atoms with Gasteiger partial charge in [-0.05, 0) is 61.7 Å². The van der Waals surface area contributed by atoms with Crippen LogP contribution in [0.25, 0.3) is 0 Å². The molecular formula is C24H32N4O. The summed E-state index contributed by atoms with van der Waals surface area (Å²) in [5, 5.41) is 3.40. The Hall–Kier alpha value is -2.69. The molecule has 1 N–H and O–H groups in total. The van der Waals surface area contributed by atoms with Crippen molar-refractivity contribution in [1.82, 2.24) is 4.90 Å². The van der Waals surface area contributed by atoms with E-state index in [0.717, 1.165) is 31.9 Å². The molecule has 0 radical (unpaired) electrons. The van der Waals surface area contributed by atoms with Gasteiger partial charge in [0.2, 0.25) is 5.91 Å². The van der Waals surface area contributed by atoms with Gasteiger partial charge in [-0.2, -0.15) is 0 Å². The van der Waals surface area contributed by atoms with Crippen LogP contribution in [0.2, 0.25) is 0 Å². The van der Waals surface area contributed by atoms with E-state index in [9.17, 15) is 4.79 Å². The van der Waals surface area contributed by atoms with E-state index in [1.165, 1.54) is 42.9 Å². The molecule has 2 aliphatic rings. The highest BCUT2D eigenvalue weighted by atomic mass is 16.2. The first-order valence-corrected chi connectivity index (χ1v) is 10.9. The third kappa shape index (κ3) is 5.03. The zero-order valence-corrected chi connectivity index (χ0v) is 17.4. The lowest BCUT2D eigenvalue weighted by molar-refractivity contribution is -0.131. The summed E-state index contributed by atoms with van der Waals surface area (Å²) in [6.45, 7) is 8.54. The first kappa shape index (κ1) is 19.6. The van der Waals surface area contributed by atoms with E-state index < -0.39 is 0 Å². The third-order valence-electron chi connectivity index (χ3n) is 6.01. The summed E-state index contributed by atoms with van der Waals surface area (Å²) >= 11 is 0. The number of nitrogens with one attached hydrogen (secondary N) is 1. The van der Waals surface area contributed by atoms with Gasteiger partial charge in [0.25, 0.3) is 0 Å². The molecule has 0 aromatic heterocycles. The Morgan fingerprint density at radius 2 is 1.55 bits per heavy atom. The molecule has 0 aliphatic carbocycles. The number of piperazine rings is 1. The molecule has 5 heteroatoms. The number of carbonyl (C=O) groups is 1. The van der Waals surface area contributed by atoms with Gasteiger partial charge < -0.3 is 20.0 Å². The lowest BCUT2D eigenvalue weighted by Crippen LogP contribution is -2.49. The van der Waals surface area contributed by atoms with Crippen LogP contribution in [0, 0.1) is 6.92 Å². The molecule has 0 atom stereocenters. The summed E-state index contributed by atoms with van der Waals surface area (Å²) in [5.41, 5.74) is 4.93. The van der Waals surface area contributed by atoms with Gasteiger partial charge in [-0.25, -0.2) is 0 Å². The van der Waals surface area contributed by atoms with Crippen LogP contribution in [0.5, 0.6) is 0 Å². The summed E-state index contributed by atoms with van der Waals surface area (Å²) in [6, 6.07) is 17.2. The number of hydrogen-bond acceptors (Lipinski definition) is 4. The molecule has 1 amide bonds. The van der Waals surface area contributed by atoms with E-state index in [-0.39, 0.29) is 5.91 Å². The van der Waals surface area contributed by atoms with Crippen LogP contribution in [0.15, 0.2) is 48.5 Å². The second-order valence-electron chi connectivity index (χ2n) is 8.12. The molecule has 154 valence electrons. The van der Waals surface area contributed by atoms with E-state index in [4.69, 9.17) is 0 Å². The molecule has 2 aromatic carbocycles. The number of hydrogen-bond donors (Lipinski definition) is 1. The predicted molar refractivity (Wildman–Crippen MR) is 121 cm³/mol. The van der Waals surface area contributed by atoms with Crippen molar-refractivity contribution < 1.29 is 4.79 Å². The van der Waals surface area contributed by atoms with Gasteiger partial charge in [0.15, 0.2) is 0 Å². The molecule has 2 fully saturated rings. The number of benzene rings is 2. The number of anilines is 3. The lowest BCUT2D eigenvalue weighted by atomic mass is 10.2. The van der Waals surface area contributed by atoms with Crippen molar-refractivity contribution in [3.8, 4) is 0 Å². The summed E-state index contributed by atoms with van der Waals surface area (Å²) in [7, 11) is 0. The van der Waals surface area contributed by atoms with Gasteiger partial charge in [-0.3, -0.25) is 4.79 Å². The minimum atomic E-state index is 0.245. The maximum atomic E-state index is 12.6. The number of carbonyl (C=O) groups excluding carboxylic acids is 1. The van der Waals surface area contributed by atoms with Gasteiger partial charge >= 0.3 is 0 Å². The van der Waals surface area contributed by atoms with Crippen molar-refractivity contribution in [3.63, 3.8) is 0 Å². The highest BCUT2D eigenvalue weighted by Gasteiger charge is 2.21. The maximum Gasteiger partial charge on any atom is 0.224 e. The Morgan fingerprint density at radius 1 is 0.862 bits per heavy atom. The Kier molecular flexibility index (Phi) is 6.23. The highest BCUT2D eigenvalue weighted by Crippen LogP contribution is 2.22. The Balaban J connectivity index is 1.19. The Morgan fingerprint density at radius 3 is 2.24 bits per heavy atom. The molecule has 29 heavy (non-hydrogen) atoms. The largest absolute Gasteiger partial charge is 0.385 e. The summed E-state index contributed by atoms with van der Waals surface area (Å²) in [4.78, 5) is 19.4. The fourth-order valence-electron chi connectivity index (χ4n) is 4.28. The minimum absolute atomic E-state index is 0.245. The van der Waals surface area contributed by atoms with Gasteiger partial charge in [0, 0.05) is 69.3 Å². The van der Waals surface area contributed by atoms with Crippen LogP contribution >= 0.6 is 0 Å². The SMILES string of the molecule is Cc1cccc(N2CCN(C(=O)CCNc3ccc(N4CCCC4)cc3)CC2)c1. The lowest BCUT2D eigenvalue weighted by Gasteiger charge is -2.36. The standard InChI is InChI=1S/C24H32N4O/c1-20-5-4-6-23(19-20)27-15-17-28(18-16-27)24(29)11-12-25-21-7-9-22(10-8-21)26-13-2-3-14-26/h4-10,19,25H,2-3,11-18H2,1H3. The molecule has 5 nitrogen and oxygen atoms in total. The molecule has 2 aromatic rings. The smallest absolute Gasteiger partial charge is 0.224 e. The first-order chi connectivity index (χ1) is 14.2. The predicted octanol–water partition coefficient (Wildman–Crippen LogP) is 3.75. The van der Waals surface area contributed by atoms with Crippen LogP contribution in [-0.4, -0.2) is 56.6 Å². The van der Waals surface area contributed by atoms with Crippen molar-refractivity contribution in [2.75, 3.05) is 60.9 Å². The van der Waals surface area contributed by atoms with Crippen molar-refractivity contribution in [2.24, 2.45) is 0 Å². The van der Waals surface area contributed by atoms with Crippen molar-refractivity contribution in [2.45, 2.75) is 26.2 Å².